The first kappa shape index (κ1) is 12.5. The lowest BCUT2D eigenvalue weighted by molar-refractivity contribution is -0.125. The molecular weight excluding hydrogens is 190 g/mol. The molecule has 0 spiro atoms. The first-order valence-electron chi connectivity index (χ1n) is 5.98. The van der Waals surface area contributed by atoms with E-state index in [0.29, 0.717) is 0 Å². The highest BCUT2D eigenvalue weighted by Crippen LogP contribution is 2.02. The van der Waals surface area contributed by atoms with Crippen LogP contribution in [-0.2, 0) is 4.79 Å². The Hall–Kier alpha value is -0.610. The molecule has 1 unspecified atom stereocenters. The van der Waals surface area contributed by atoms with Gasteiger partial charge in [-0.1, -0.05) is 6.92 Å². The predicted molar refractivity (Wildman–Crippen MR) is 61.8 cm³/mol. The van der Waals surface area contributed by atoms with E-state index in [2.05, 4.69) is 22.5 Å². The molecule has 88 valence electrons. The van der Waals surface area contributed by atoms with Crippen LogP contribution in [0.15, 0.2) is 0 Å². The molecule has 4 heteroatoms. The monoisotopic (exact) mass is 213 g/mol. The normalized spacial score (nSPS) is 20.7. The van der Waals surface area contributed by atoms with Crippen LogP contribution >= 0.6 is 0 Å². The van der Waals surface area contributed by atoms with E-state index >= 15 is 0 Å². The molecule has 1 atom stereocenters. The van der Waals surface area contributed by atoms with Crippen molar-refractivity contribution in [1.82, 2.24) is 15.5 Å². The minimum atomic E-state index is 0.0106. The average molecular weight is 213 g/mol. The number of carbonyl (C=O) groups is 1. The molecule has 0 aliphatic carbocycles. The predicted octanol–water partition coefficient (Wildman–Crippen LogP) is 0.196. The zero-order chi connectivity index (χ0) is 11.1. The number of rotatable bonds is 4. The van der Waals surface area contributed by atoms with Gasteiger partial charge in [0, 0.05) is 26.2 Å². The quantitative estimate of drug-likeness (QED) is 0.701. The third kappa shape index (κ3) is 4.18. The van der Waals surface area contributed by atoms with Gasteiger partial charge in [-0.2, -0.15) is 0 Å². The van der Waals surface area contributed by atoms with Crippen molar-refractivity contribution in [3.05, 3.63) is 0 Å². The molecule has 1 aliphatic heterocycles. The summed E-state index contributed by atoms with van der Waals surface area (Å²) in [6, 6.07) is 0.0106. The third-order valence-corrected chi connectivity index (χ3v) is 2.85. The molecule has 4 nitrogen and oxygen atoms in total. The Morgan fingerprint density at radius 3 is 3.00 bits per heavy atom. The minimum absolute atomic E-state index is 0.0106. The lowest BCUT2D eigenvalue weighted by atomic mass is 10.2. The summed E-state index contributed by atoms with van der Waals surface area (Å²) in [5.74, 6) is 0.166. The number of amides is 1. The van der Waals surface area contributed by atoms with Gasteiger partial charge < -0.3 is 10.6 Å². The fourth-order valence-corrected chi connectivity index (χ4v) is 1.82. The highest BCUT2D eigenvalue weighted by Gasteiger charge is 2.21. The van der Waals surface area contributed by atoms with Gasteiger partial charge in [-0.15, -0.1) is 0 Å². The van der Waals surface area contributed by atoms with Gasteiger partial charge >= 0.3 is 0 Å². The average Bonchev–Trinajstić information content (AvgIpc) is 2.53. The number of nitrogens with one attached hydrogen (secondary N) is 2. The smallest absolute Gasteiger partial charge is 0.237 e. The number of hydrogen-bond acceptors (Lipinski definition) is 3. The zero-order valence-electron chi connectivity index (χ0n) is 9.88. The molecule has 1 fully saturated rings. The van der Waals surface area contributed by atoms with Crippen LogP contribution in [0.4, 0.5) is 0 Å². The number of nitrogens with zero attached hydrogens (tertiary/aromatic N) is 1. The largest absolute Gasteiger partial charge is 0.355 e. The van der Waals surface area contributed by atoms with Crippen LogP contribution in [0.5, 0.6) is 0 Å². The molecule has 2 N–H and O–H groups in total. The van der Waals surface area contributed by atoms with E-state index < -0.39 is 0 Å². The van der Waals surface area contributed by atoms with Crippen molar-refractivity contribution in [2.45, 2.75) is 32.7 Å². The lowest BCUT2D eigenvalue weighted by Gasteiger charge is -2.26. The van der Waals surface area contributed by atoms with Gasteiger partial charge in [-0.3, -0.25) is 9.69 Å². The molecule has 1 saturated heterocycles. The minimum Gasteiger partial charge on any atom is -0.355 e. The standard InChI is InChI=1S/C11H23N3O/c1-3-5-13-11(15)10(2)14-8-4-6-12-7-9-14/h10,12H,3-9H2,1-2H3,(H,13,15). The van der Waals surface area contributed by atoms with Gasteiger partial charge in [0.15, 0.2) is 0 Å². The Labute approximate surface area is 92.4 Å². The molecular formula is C11H23N3O. The Kier molecular flexibility index (Phi) is 5.65. The molecule has 0 aromatic carbocycles. The Balaban J connectivity index is 2.35. The van der Waals surface area contributed by atoms with Gasteiger partial charge in [0.1, 0.15) is 0 Å². The van der Waals surface area contributed by atoms with E-state index in [1.807, 2.05) is 6.92 Å². The van der Waals surface area contributed by atoms with Crippen molar-refractivity contribution in [2.75, 3.05) is 32.7 Å². The Morgan fingerprint density at radius 1 is 1.47 bits per heavy atom. The zero-order valence-corrected chi connectivity index (χ0v) is 9.88. The second-order valence-electron chi connectivity index (χ2n) is 4.11. The molecule has 0 aromatic rings. The molecule has 0 bridgehead atoms. The van der Waals surface area contributed by atoms with E-state index in [1.165, 1.54) is 0 Å². The first-order valence-corrected chi connectivity index (χ1v) is 5.98. The summed E-state index contributed by atoms with van der Waals surface area (Å²) in [6.45, 7) is 8.91. The summed E-state index contributed by atoms with van der Waals surface area (Å²) >= 11 is 0. The van der Waals surface area contributed by atoms with E-state index in [4.69, 9.17) is 0 Å². The van der Waals surface area contributed by atoms with Crippen LogP contribution in [0.25, 0.3) is 0 Å². The summed E-state index contributed by atoms with van der Waals surface area (Å²) in [4.78, 5) is 14.0. The van der Waals surface area contributed by atoms with E-state index in [1.54, 1.807) is 0 Å². The van der Waals surface area contributed by atoms with E-state index in [-0.39, 0.29) is 11.9 Å². The maximum absolute atomic E-state index is 11.7. The van der Waals surface area contributed by atoms with Crippen molar-refractivity contribution in [3.63, 3.8) is 0 Å². The van der Waals surface area contributed by atoms with Crippen molar-refractivity contribution in [3.8, 4) is 0 Å². The Morgan fingerprint density at radius 2 is 2.27 bits per heavy atom. The molecule has 0 aromatic heterocycles. The fraction of sp³-hybridized carbons (Fsp3) is 0.909. The van der Waals surface area contributed by atoms with Crippen LogP contribution in [0.3, 0.4) is 0 Å². The second kappa shape index (κ2) is 6.80. The number of carbonyl (C=O) groups excluding carboxylic acids is 1. The SMILES string of the molecule is CCCNC(=O)C(C)N1CCCNCC1. The van der Waals surface area contributed by atoms with Crippen LogP contribution in [0.2, 0.25) is 0 Å². The van der Waals surface area contributed by atoms with Crippen molar-refractivity contribution in [1.29, 1.82) is 0 Å². The van der Waals surface area contributed by atoms with Crippen molar-refractivity contribution >= 4 is 5.91 Å². The van der Waals surface area contributed by atoms with Gasteiger partial charge in [-0.25, -0.2) is 0 Å². The summed E-state index contributed by atoms with van der Waals surface area (Å²) in [5, 5.41) is 6.29. The van der Waals surface area contributed by atoms with Gasteiger partial charge in [0.2, 0.25) is 5.91 Å². The molecule has 1 heterocycles. The van der Waals surface area contributed by atoms with Crippen molar-refractivity contribution < 1.29 is 4.79 Å². The topological polar surface area (TPSA) is 44.4 Å². The second-order valence-corrected chi connectivity index (χ2v) is 4.11. The third-order valence-electron chi connectivity index (χ3n) is 2.85. The van der Waals surface area contributed by atoms with Crippen LogP contribution < -0.4 is 10.6 Å². The highest BCUT2D eigenvalue weighted by molar-refractivity contribution is 5.81. The van der Waals surface area contributed by atoms with E-state index in [9.17, 15) is 4.79 Å². The van der Waals surface area contributed by atoms with Gasteiger partial charge in [0.25, 0.3) is 0 Å². The Bertz CT molecular complexity index is 188. The summed E-state index contributed by atoms with van der Waals surface area (Å²) in [5.41, 5.74) is 0. The van der Waals surface area contributed by atoms with Crippen LogP contribution in [0.1, 0.15) is 26.7 Å². The molecule has 15 heavy (non-hydrogen) atoms. The van der Waals surface area contributed by atoms with Crippen LogP contribution in [0, 0.1) is 0 Å². The van der Waals surface area contributed by atoms with Crippen LogP contribution in [-0.4, -0.2) is 49.6 Å². The maximum atomic E-state index is 11.7. The van der Waals surface area contributed by atoms with E-state index in [0.717, 1.165) is 45.6 Å². The lowest BCUT2D eigenvalue weighted by Crippen LogP contribution is -2.46. The highest BCUT2D eigenvalue weighted by atomic mass is 16.2. The fourth-order valence-electron chi connectivity index (χ4n) is 1.82. The molecule has 1 rings (SSSR count). The van der Waals surface area contributed by atoms with Crippen molar-refractivity contribution in [2.24, 2.45) is 0 Å². The summed E-state index contributed by atoms with van der Waals surface area (Å²) in [6.07, 6.45) is 2.13. The molecule has 0 saturated carbocycles. The molecule has 1 aliphatic rings. The van der Waals surface area contributed by atoms with Gasteiger partial charge in [0.05, 0.1) is 6.04 Å². The maximum Gasteiger partial charge on any atom is 0.237 e. The summed E-state index contributed by atoms with van der Waals surface area (Å²) in [7, 11) is 0. The first-order chi connectivity index (χ1) is 7.25. The summed E-state index contributed by atoms with van der Waals surface area (Å²) < 4.78 is 0. The van der Waals surface area contributed by atoms with Gasteiger partial charge in [-0.05, 0) is 26.3 Å². The number of hydrogen-bond donors (Lipinski definition) is 2. The molecule has 0 radical (unpaired) electrons. The molecule has 1 amide bonds.